The summed E-state index contributed by atoms with van der Waals surface area (Å²) >= 11 is 1.19. The Bertz CT molecular complexity index is 796. The minimum absolute atomic E-state index is 0.00403. The minimum Gasteiger partial charge on any atom is -0.373 e. The summed E-state index contributed by atoms with van der Waals surface area (Å²) < 4.78 is 1.68. The number of hydrogen-bond acceptors (Lipinski definition) is 4. The second-order valence-electron chi connectivity index (χ2n) is 6.36. The van der Waals surface area contributed by atoms with Crippen LogP contribution in [0.5, 0.6) is 0 Å². The van der Waals surface area contributed by atoms with Crippen molar-refractivity contribution in [1.29, 1.82) is 0 Å². The molecule has 1 aliphatic heterocycles. The molecule has 0 spiro atoms. The number of carbonyl (C=O) groups excluding carboxylic acids is 1. The smallest absolute Gasteiger partial charge is 0.307 e. The van der Waals surface area contributed by atoms with Gasteiger partial charge in [-0.3, -0.25) is 9.59 Å². The number of benzene rings is 1. The maximum absolute atomic E-state index is 12.9. The Balaban J connectivity index is 1.85. The van der Waals surface area contributed by atoms with Crippen LogP contribution >= 0.6 is 11.3 Å². The van der Waals surface area contributed by atoms with Gasteiger partial charge in [0, 0.05) is 43.7 Å². The Morgan fingerprint density at radius 1 is 1.29 bits per heavy atom. The Kier molecular flexibility index (Phi) is 4.76. The number of thiazole rings is 1. The van der Waals surface area contributed by atoms with E-state index in [1.165, 1.54) is 11.3 Å². The highest BCUT2D eigenvalue weighted by molar-refractivity contribution is 7.07. The van der Waals surface area contributed by atoms with E-state index in [9.17, 15) is 9.59 Å². The third-order valence-corrected chi connectivity index (χ3v) is 5.55. The van der Waals surface area contributed by atoms with Crippen LogP contribution in [-0.2, 0) is 11.3 Å². The lowest BCUT2D eigenvalue weighted by atomic mass is 10.1. The lowest BCUT2D eigenvalue weighted by Gasteiger charge is -2.28. The van der Waals surface area contributed by atoms with Gasteiger partial charge in [0.1, 0.15) is 0 Å². The Hall–Kier alpha value is -2.08. The summed E-state index contributed by atoms with van der Waals surface area (Å²) in [4.78, 5) is 28.9. The zero-order chi connectivity index (χ0) is 17.3. The lowest BCUT2D eigenvalue weighted by Crippen LogP contribution is -2.39. The molecule has 6 heteroatoms. The largest absolute Gasteiger partial charge is 0.373 e. The van der Waals surface area contributed by atoms with Crippen molar-refractivity contribution in [3.05, 3.63) is 45.0 Å². The molecule has 1 amide bonds. The predicted molar refractivity (Wildman–Crippen MR) is 99.2 cm³/mol. The van der Waals surface area contributed by atoms with Crippen LogP contribution in [0.1, 0.15) is 25.5 Å². The zero-order valence-electron chi connectivity index (χ0n) is 14.4. The second-order valence-corrected chi connectivity index (χ2v) is 7.18. The van der Waals surface area contributed by atoms with E-state index >= 15 is 0 Å². The van der Waals surface area contributed by atoms with Crippen molar-refractivity contribution in [2.24, 2.45) is 0 Å². The number of hydrogen-bond donors (Lipinski definition) is 0. The molecule has 0 bridgehead atoms. The summed E-state index contributed by atoms with van der Waals surface area (Å²) in [5, 5.41) is 1.84. The molecule has 0 N–H and O–H groups in total. The first kappa shape index (κ1) is 16.8. The first-order valence-corrected chi connectivity index (χ1v) is 9.14. The van der Waals surface area contributed by atoms with Crippen LogP contribution in [0.25, 0.3) is 0 Å². The normalized spacial score (nSPS) is 17.5. The Morgan fingerprint density at radius 2 is 2.00 bits per heavy atom. The van der Waals surface area contributed by atoms with Gasteiger partial charge in [-0.05, 0) is 32.4 Å². The molecule has 1 aromatic carbocycles. The van der Waals surface area contributed by atoms with Crippen molar-refractivity contribution < 1.29 is 4.79 Å². The van der Waals surface area contributed by atoms with E-state index in [1.807, 2.05) is 35.4 Å². The van der Waals surface area contributed by atoms with Crippen molar-refractivity contribution in [2.45, 2.75) is 39.3 Å². The van der Waals surface area contributed by atoms with Gasteiger partial charge >= 0.3 is 4.87 Å². The number of rotatable bonds is 3. The molecule has 0 saturated heterocycles. The maximum atomic E-state index is 12.9. The average molecular weight is 345 g/mol. The first-order valence-electron chi connectivity index (χ1n) is 8.26. The second kappa shape index (κ2) is 6.81. The fraction of sp³-hybridized carbons (Fsp3) is 0.444. The number of aromatic nitrogens is 1. The molecule has 1 atom stereocenters. The molecule has 0 aliphatic carbocycles. The third-order valence-electron chi connectivity index (χ3n) is 4.67. The highest BCUT2D eigenvalue weighted by atomic mass is 32.1. The molecule has 5 nitrogen and oxygen atoms in total. The lowest BCUT2D eigenvalue weighted by molar-refractivity contribution is -0.119. The van der Waals surface area contributed by atoms with Crippen LogP contribution in [0, 0.1) is 6.92 Å². The molecular formula is C18H23N3O2S. The standard InChI is InChI=1S/C18H23N3O2S/c1-13-8-10-19(3)15-6-4-5-7-16(15)21(13)17(22)9-11-20-14(2)12-24-18(20)23/h4-7,12-13H,8-11H2,1-3H3. The molecule has 3 rings (SSSR count). The van der Waals surface area contributed by atoms with Crippen LogP contribution in [0.15, 0.2) is 34.4 Å². The maximum Gasteiger partial charge on any atom is 0.307 e. The fourth-order valence-corrected chi connectivity index (χ4v) is 4.00. The molecule has 0 fully saturated rings. The van der Waals surface area contributed by atoms with E-state index < -0.39 is 0 Å². The van der Waals surface area contributed by atoms with Crippen molar-refractivity contribution in [2.75, 3.05) is 23.4 Å². The summed E-state index contributed by atoms with van der Waals surface area (Å²) in [6.45, 7) is 5.36. The van der Waals surface area contributed by atoms with E-state index in [-0.39, 0.29) is 16.8 Å². The number of fused-ring (bicyclic) bond motifs is 1. The van der Waals surface area contributed by atoms with Gasteiger partial charge in [-0.1, -0.05) is 23.5 Å². The summed E-state index contributed by atoms with van der Waals surface area (Å²) in [5.74, 6) is 0.0720. The van der Waals surface area contributed by atoms with Gasteiger partial charge in [-0.2, -0.15) is 0 Å². The SMILES string of the molecule is Cc1csc(=O)n1CCC(=O)N1c2ccccc2N(C)CCC1C. The Morgan fingerprint density at radius 3 is 2.67 bits per heavy atom. The van der Waals surface area contributed by atoms with Crippen molar-refractivity contribution in [1.82, 2.24) is 4.57 Å². The third kappa shape index (κ3) is 3.11. The molecule has 0 radical (unpaired) electrons. The van der Waals surface area contributed by atoms with Gasteiger partial charge in [-0.25, -0.2) is 0 Å². The highest BCUT2D eigenvalue weighted by Gasteiger charge is 2.28. The van der Waals surface area contributed by atoms with E-state index in [0.717, 1.165) is 30.0 Å². The van der Waals surface area contributed by atoms with Gasteiger partial charge in [0.05, 0.1) is 11.4 Å². The number of para-hydroxylation sites is 2. The van der Waals surface area contributed by atoms with Crippen LogP contribution < -0.4 is 14.7 Å². The van der Waals surface area contributed by atoms with E-state index in [2.05, 4.69) is 24.9 Å². The first-order chi connectivity index (χ1) is 11.5. The quantitative estimate of drug-likeness (QED) is 0.859. The highest BCUT2D eigenvalue weighted by Crippen LogP contribution is 2.34. The van der Waals surface area contributed by atoms with Gasteiger partial charge in [0.15, 0.2) is 0 Å². The number of aryl methyl sites for hydroxylation is 1. The number of carbonyl (C=O) groups is 1. The molecule has 2 heterocycles. The molecule has 24 heavy (non-hydrogen) atoms. The van der Waals surface area contributed by atoms with Crippen molar-refractivity contribution >= 4 is 28.6 Å². The van der Waals surface area contributed by atoms with Crippen molar-refractivity contribution in [3.8, 4) is 0 Å². The van der Waals surface area contributed by atoms with Crippen LogP contribution in [0.3, 0.4) is 0 Å². The molecule has 0 saturated carbocycles. The minimum atomic E-state index is 0.00403. The number of amides is 1. The number of anilines is 2. The summed E-state index contributed by atoms with van der Waals surface area (Å²) in [6.07, 6.45) is 1.26. The fourth-order valence-electron chi connectivity index (χ4n) is 3.24. The average Bonchev–Trinajstić information content (AvgIpc) is 2.82. The summed E-state index contributed by atoms with van der Waals surface area (Å²) in [7, 11) is 2.06. The van der Waals surface area contributed by atoms with E-state index in [1.54, 1.807) is 4.57 Å². The summed E-state index contributed by atoms with van der Waals surface area (Å²) in [6, 6.07) is 8.18. The molecule has 128 valence electrons. The van der Waals surface area contributed by atoms with E-state index in [4.69, 9.17) is 0 Å². The number of nitrogens with zero attached hydrogens (tertiary/aromatic N) is 3. The Labute approximate surface area is 146 Å². The molecule has 1 unspecified atom stereocenters. The van der Waals surface area contributed by atoms with Gasteiger partial charge in [-0.15, -0.1) is 0 Å². The van der Waals surface area contributed by atoms with Crippen LogP contribution in [0.2, 0.25) is 0 Å². The van der Waals surface area contributed by atoms with Gasteiger partial charge in [0.25, 0.3) is 0 Å². The topological polar surface area (TPSA) is 45.6 Å². The molecule has 1 aliphatic rings. The van der Waals surface area contributed by atoms with Crippen LogP contribution in [0.4, 0.5) is 11.4 Å². The molecule has 1 aromatic heterocycles. The van der Waals surface area contributed by atoms with Crippen molar-refractivity contribution in [3.63, 3.8) is 0 Å². The van der Waals surface area contributed by atoms with E-state index in [0.29, 0.717) is 13.0 Å². The van der Waals surface area contributed by atoms with Crippen LogP contribution in [-0.4, -0.2) is 30.1 Å². The van der Waals surface area contributed by atoms with Gasteiger partial charge in [0.2, 0.25) is 5.91 Å². The monoisotopic (exact) mass is 345 g/mol. The molecule has 2 aromatic rings. The van der Waals surface area contributed by atoms with Gasteiger partial charge < -0.3 is 14.4 Å². The predicted octanol–water partition coefficient (Wildman–Crippen LogP) is 2.87. The zero-order valence-corrected chi connectivity index (χ0v) is 15.2. The summed E-state index contributed by atoms with van der Waals surface area (Å²) in [5.41, 5.74) is 2.96. The molecular weight excluding hydrogens is 322 g/mol.